The van der Waals surface area contributed by atoms with Gasteiger partial charge < -0.3 is 15.4 Å². The minimum atomic E-state index is -0.397. The molecule has 0 aliphatic carbocycles. The molecule has 0 radical (unpaired) electrons. The minimum Gasteiger partial charge on any atom is -0.495 e. The normalized spacial score (nSPS) is 10.7. The lowest BCUT2D eigenvalue weighted by Gasteiger charge is -2.14. The summed E-state index contributed by atoms with van der Waals surface area (Å²) < 4.78 is 6.64. The van der Waals surface area contributed by atoms with E-state index in [0.717, 1.165) is 5.69 Å². The minimum absolute atomic E-state index is 0.250. The Balaban J connectivity index is 1.56. The van der Waals surface area contributed by atoms with Crippen LogP contribution < -0.4 is 15.4 Å². The Morgan fingerprint density at radius 3 is 2.52 bits per heavy atom. The van der Waals surface area contributed by atoms with Crippen molar-refractivity contribution in [2.75, 3.05) is 17.7 Å². The van der Waals surface area contributed by atoms with E-state index in [1.807, 2.05) is 66.7 Å². The largest absolute Gasteiger partial charge is 0.495 e. The molecule has 0 spiro atoms. The summed E-state index contributed by atoms with van der Waals surface area (Å²) in [5.41, 5.74) is 2.95. The van der Waals surface area contributed by atoms with Crippen LogP contribution in [0.2, 0.25) is 0 Å². The number of anilines is 4. The molecule has 5 rings (SSSR count). The lowest BCUT2D eigenvalue weighted by molar-refractivity contribution is 0.0948. The van der Waals surface area contributed by atoms with Crippen LogP contribution in [0.25, 0.3) is 11.0 Å². The molecule has 5 aromatic rings. The van der Waals surface area contributed by atoms with E-state index in [2.05, 4.69) is 30.9 Å². The Kier molecular flexibility index (Phi) is 5.34. The maximum atomic E-state index is 13.4. The van der Waals surface area contributed by atoms with Crippen LogP contribution in [0.15, 0.2) is 85.1 Å². The van der Waals surface area contributed by atoms with Crippen LogP contribution in [0, 0.1) is 0 Å². The maximum Gasteiger partial charge on any atom is 0.285 e. The molecule has 0 fully saturated rings. The van der Waals surface area contributed by atoms with Crippen molar-refractivity contribution in [2.24, 2.45) is 0 Å². The number of fused-ring (bicyclic) bond motifs is 1. The Morgan fingerprint density at radius 1 is 0.909 bits per heavy atom. The van der Waals surface area contributed by atoms with Gasteiger partial charge in [-0.1, -0.05) is 47.7 Å². The van der Waals surface area contributed by atoms with Crippen molar-refractivity contribution < 1.29 is 9.53 Å². The average molecular weight is 437 g/mol. The summed E-state index contributed by atoms with van der Waals surface area (Å²) in [5, 5.41) is 14.5. The van der Waals surface area contributed by atoms with Crippen LogP contribution in [0.4, 0.5) is 23.1 Å². The topological polar surface area (TPSA) is 107 Å². The first kappa shape index (κ1) is 20.1. The zero-order valence-corrected chi connectivity index (χ0v) is 17.6. The maximum absolute atomic E-state index is 13.4. The van der Waals surface area contributed by atoms with Gasteiger partial charge in [0, 0.05) is 11.9 Å². The molecule has 0 unspecified atom stereocenters. The van der Waals surface area contributed by atoms with Crippen molar-refractivity contribution in [3.05, 3.63) is 90.6 Å². The molecule has 0 aliphatic heterocycles. The molecule has 2 N–H and O–H groups in total. The summed E-state index contributed by atoms with van der Waals surface area (Å²) in [6, 6.07) is 24.2. The van der Waals surface area contributed by atoms with Gasteiger partial charge in [-0.2, -0.15) is 9.67 Å². The smallest absolute Gasteiger partial charge is 0.285 e. The third kappa shape index (κ3) is 4.07. The first-order chi connectivity index (χ1) is 16.2. The number of nitrogens with zero attached hydrogens (tertiary/aromatic N) is 5. The number of benzene rings is 3. The monoisotopic (exact) mass is 437 g/mol. The summed E-state index contributed by atoms with van der Waals surface area (Å²) in [4.78, 5) is 22.3. The highest BCUT2D eigenvalue weighted by Crippen LogP contribution is 2.27. The number of methoxy groups -OCH3 is 1. The molecule has 0 aliphatic rings. The predicted molar refractivity (Wildman–Crippen MR) is 125 cm³/mol. The van der Waals surface area contributed by atoms with Crippen LogP contribution >= 0.6 is 0 Å². The SMILES string of the molecule is COc1ccccc1Nc1ncc(C(=O)n2nnc3ccccc32)c(Nc2ccccc2)n1. The average Bonchev–Trinajstić information content (AvgIpc) is 3.29. The van der Waals surface area contributed by atoms with E-state index >= 15 is 0 Å². The second kappa shape index (κ2) is 8.75. The molecule has 0 atom stereocenters. The number of carbonyl (C=O) groups excluding carboxylic acids is 1. The van der Waals surface area contributed by atoms with Crippen molar-refractivity contribution in [1.82, 2.24) is 25.0 Å². The van der Waals surface area contributed by atoms with Crippen molar-refractivity contribution in [1.29, 1.82) is 0 Å². The fourth-order valence-electron chi connectivity index (χ4n) is 3.35. The van der Waals surface area contributed by atoms with Gasteiger partial charge in [0.25, 0.3) is 5.91 Å². The van der Waals surface area contributed by atoms with Gasteiger partial charge in [0.05, 0.1) is 18.3 Å². The Hall–Kier alpha value is -4.79. The summed E-state index contributed by atoms with van der Waals surface area (Å²) in [6.07, 6.45) is 1.47. The second-order valence-corrected chi connectivity index (χ2v) is 7.07. The Labute approximate surface area is 189 Å². The quantitative estimate of drug-likeness (QED) is 0.402. The fourth-order valence-corrected chi connectivity index (χ4v) is 3.35. The van der Waals surface area contributed by atoms with E-state index in [-0.39, 0.29) is 5.56 Å². The molecule has 33 heavy (non-hydrogen) atoms. The van der Waals surface area contributed by atoms with Crippen LogP contribution in [-0.4, -0.2) is 38.0 Å². The molecule has 2 aromatic heterocycles. The second-order valence-electron chi connectivity index (χ2n) is 7.07. The number of nitrogens with one attached hydrogen (secondary N) is 2. The van der Waals surface area contributed by atoms with E-state index in [4.69, 9.17) is 4.74 Å². The van der Waals surface area contributed by atoms with Gasteiger partial charge in [-0.25, -0.2) is 4.98 Å². The third-order valence-electron chi connectivity index (χ3n) is 4.95. The molecular formula is C24H19N7O2. The molecule has 0 amide bonds. The number of hydrogen-bond donors (Lipinski definition) is 2. The van der Waals surface area contributed by atoms with Gasteiger partial charge in [0.15, 0.2) is 0 Å². The summed E-state index contributed by atoms with van der Waals surface area (Å²) in [6.45, 7) is 0. The Morgan fingerprint density at radius 2 is 1.67 bits per heavy atom. The lowest BCUT2D eigenvalue weighted by Crippen LogP contribution is -2.17. The summed E-state index contributed by atoms with van der Waals surface area (Å²) in [5.74, 6) is 0.884. The number of carbonyl (C=O) groups is 1. The molecule has 0 bridgehead atoms. The first-order valence-electron chi connectivity index (χ1n) is 10.2. The van der Waals surface area contributed by atoms with Crippen LogP contribution in [0.5, 0.6) is 5.75 Å². The molecule has 162 valence electrons. The molecule has 9 nitrogen and oxygen atoms in total. The van der Waals surface area contributed by atoms with Gasteiger partial charge in [-0.3, -0.25) is 4.79 Å². The van der Waals surface area contributed by atoms with Gasteiger partial charge in [-0.15, -0.1) is 5.10 Å². The number of rotatable bonds is 6. The van der Waals surface area contributed by atoms with Gasteiger partial charge in [-0.05, 0) is 36.4 Å². The molecular weight excluding hydrogens is 418 g/mol. The number of aromatic nitrogens is 5. The van der Waals surface area contributed by atoms with Crippen molar-refractivity contribution >= 4 is 40.1 Å². The van der Waals surface area contributed by atoms with E-state index < -0.39 is 5.91 Å². The van der Waals surface area contributed by atoms with Crippen molar-refractivity contribution in [3.63, 3.8) is 0 Å². The Bertz CT molecular complexity index is 1430. The standard InChI is InChI=1S/C24H19N7O2/c1-33-21-14-8-6-12-19(21)27-24-25-15-17(22(28-24)26-16-9-3-2-4-10-16)23(32)31-20-13-7-5-11-18(20)29-30-31/h2-15H,1H3,(H2,25,26,27,28). The van der Waals surface area contributed by atoms with E-state index in [0.29, 0.717) is 34.2 Å². The first-order valence-corrected chi connectivity index (χ1v) is 10.2. The van der Waals surface area contributed by atoms with Gasteiger partial charge >= 0.3 is 0 Å². The van der Waals surface area contributed by atoms with Crippen molar-refractivity contribution in [3.8, 4) is 5.75 Å². The van der Waals surface area contributed by atoms with Gasteiger partial charge in [0.1, 0.15) is 22.6 Å². The molecule has 2 heterocycles. The number of ether oxygens (including phenoxy) is 1. The van der Waals surface area contributed by atoms with Gasteiger partial charge in [0.2, 0.25) is 5.95 Å². The summed E-state index contributed by atoms with van der Waals surface area (Å²) >= 11 is 0. The number of hydrogen-bond acceptors (Lipinski definition) is 8. The highest BCUT2D eigenvalue weighted by molar-refractivity contribution is 6.03. The van der Waals surface area contributed by atoms with E-state index in [9.17, 15) is 4.79 Å². The van der Waals surface area contributed by atoms with E-state index in [1.165, 1.54) is 10.9 Å². The third-order valence-corrected chi connectivity index (χ3v) is 4.95. The number of para-hydroxylation sites is 4. The zero-order chi connectivity index (χ0) is 22.6. The lowest BCUT2D eigenvalue weighted by atomic mass is 10.2. The van der Waals surface area contributed by atoms with Crippen LogP contribution in [0.3, 0.4) is 0 Å². The molecule has 0 saturated heterocycles. The van der Waals surface area contributed by atoms with Crippen LogP contribution in [-0.2, 0) is 0 Å². The van der Waals surface area contributed by atoms with Crippen molar-refractivity contribution in [2.45, 2.75) is 0 Å². The zero-order valence-electron chi connectivity index (χ0n) is 17.6. The highest BCUT2D eigenvalue weighted by Gasteiger charge is 2.20. The molecule has 9 heteroatoms. The molecule has 0 saturated carbocycles. The van der Waals surface area contributed by atoms with E-state index in [1.54, 1.807) is 19.2 Å². The van der Waals surface area contributed by atoms with Crippen LogP contribution in [0.1, 0.15) is 10.4 Å². The fraction of sp³-hybridized carbons (Fsp3) is 0.0417. The summed E-state index contributed by atoms with van der Waals surface area (Å²) in [7, 11) is 1.59. The predicted octanol–water partition coefficient (Wildman–Crippen LogP) is 4.41. The molecule has 3 aromatic carbocycles. The highest BCUT2D eigenvalue weighted by atomic mass is 16.5.